The Hall–Kier alpha value is -1.68. The van der Waals surface area contributed by atoms with Gasteiger partial charge in [-0.2, -0.15) is 5.26 Å². The van der Waals surface area contributed by atoms with Crippen molar-refractivity contribution in [1.82, 2.24) is 4.98 Å². The van der Waals surface area contributed by atoms with E-state index < -0.39 is 16.4 Å². The fraction of sp³-hybridized carbons (Fsp3) is 0.455. The third kappa shape index (κ3) is 4.83. The summed E-state index contributed by atoms with van der Waals surface area (Å²) in [6.07, 6.45) is 3.32. The molecule has 0 spiro atoms. The van der Waals surface area contributed by atoms with Crippen molar-refractivity contribution < 1.29 is 9.32 Å². The summed E-state index contributed by atoms with van der Waals surface area (Å²) in [5.41, 5.74) is 2.35. The fourth-order valence-electron chi connectivity index (χ4n) is 3.81. The molecule has 28 heavy (non-hydrogen) atoms. The molecule has 6 heteroatoms. The lowest BCUT2D eigenvalue weighted by atomic mass is 9.86. The van der Waals surface area contributed by atoms with E-state index >= 15 is 0 Å². The van der Waals surface area contributed by atoms with Crippen LogP contribution in [0.5, 0.6) is 0 Å². The molecular formula is C22H26N2O2S2. The highest BCUT2D eigenvalue weighted by atomic mass is 32.2. The van der Waals surface area contributed by atoms with Crippen LogP contribution >= 0.6 is 11.8 Å². The number of nitrogens with zero attached hydrogens (tertiary/aromatic N) is 2. The van der Waals surface area contributed by atoms with Crippen LogP contribution < -0.4 is 0 Å². The first-order valence-corrected chi connectivity index (χ1v) is 11.9. The fourth-order valence-corrected chi connectivity index (χ4v) is 7.05. The van der Waals surface area contributed by atoms with Gasteiger partial charge in [0.05, 0.1) is 16.4 Å². The largest absolute Gasteiger partial charge is 0.388 e. The Kier molecular flexibility index (Phi) is 6.92. The maximum atomic E-state index is 13.1. The Balaban J connectivity index is 1.77. The Morgan fingerprint density at radius 1 is 1.32 bits per heavy atom. The first kappa shape index (κ1) is 21.0. The minimum atomic E-state index is -1.15. The molecule has 1 aromatic carbocycles. The Morgan fingerprint density at radius 2 is 2.07 bits per heavy atom. The van der Waals surface area contributed by atoms with Crippen LogP contribution in [0.15, 0.2) is 41.4 Å². The molecule has 3 atom stereocenters. The van der Waals surface area contributed by atoms with Gasteiger partial charge >= 0.3 is 0 Å². The summed E-state index contributed by atoms with van der Waals surface area (Å²) in [6, 6.07) is 13.9. The van der Waals surface area contributed by atoms with E-state index in [1.54, 1.807) is 0 Å². The van der Waals surface area contributed by atoms with Gasteiger partial charge in [-0.1, -0.05) is 43.2 Å². The minimum Gasteiger partial charge on any atom is -0.388 e. The Labute approximate surface area is 173 Å². The van der Waals surface area contributed by atoms with Crippen LogP contribution in [0.25, 0.3) is 0 Å². The van der Waals surface area contributed by atoms with E-state index in [9.17, 15) is 14.6 Å². The molecule has 2 aromatic rings. The number of nitriles is 1. The molecule has 0 bridgehead atoms. The predicted molar refractivity (Wildman–Crippen MR) is 115 cm³/mol. The van der Waals surface area contributed by atoms with Crippen LogP contribution in [0.1, 0.15) is 48.1 Å². The molecule has 0 saturated heterocycles. The van der Waals surface area contributed by atoms with Crippen molar-refractivity contribution in [1.29, 1.82) is 5.26 Å². The first-order chi connectivity index (χ1) is 13.4. The summed E-state index contributed by atoms with van der Waals surface area (Å²) >= 11 is 1.41. The van der Waals surface area contributed by atoms with Crippen molar-refractivity contribution in [3.63, 3.8) is 0 Å². The van der Waals surface area contributed by atoms with E-state index in [1.807, 2.05) is 50.2 Å². The third-order valence-corrected chi connectivity index (χ3v) is 8.42. The summed E-state index contributed by atoms with van der Waals surface area (Å²) in [6.45, 7) is 3.82. The van der Waals surface area contributed by atoms with Crippen LogP contribution in [0.2, 0.25) is 0 Å². The van der Waals surface area contributed by atoms with Gasteiger partial charge in [0.1, 0.15) is 11.1 Å². The second-order valence-electron chi connectivity index (χ2n) is 7.51. The van der Waals surface area contributed by atoms with Gasteiger partial charge in [-0.05, 0) is 43.9 Å². The molecule has 3 rings (SSSR count). The topological polar surface area (TPSA) is 74.0 Å². The van der Waals surface area contributed by atoms with Crippen molar-refractivity contribution >= 4 is 22.6 Å². The van der Waals surface area contributed by atoms with E-state index in [2.05, 4.69) is 11.1 Å². The van der Waals surface area contributed by atoms with Gasteiger partial charge < -0.3 is 5.11 Å². The lowest BCUT2D eigenvalue weighted by Gasteiger charge is -2.39. The van der Waals surface area contributed by atoms with Gasteiger partial charge in [0.2, 0.25) is 0 Å². The normalized spacial score (nSPS) is 23.1. The molecule has 1 heterocycles. The van der Waals surface area contributed by atoms with Gasteiger partial charge in [-0.3, -0.25) is 4.21 Å². The van der Waals surface area contributed by atoms with E-state index in [0.29, 0.717) is 28.5 Å². The number of pyridine rings is 1. The molecule has 1 aliphatic rings. The number of hydrogen-bond donors (Lipinski definition) is 1. The second-order valence-corrected chi connectivity index (χ2v) is 10.1. The predicted octanol–water partition coefficient (Wildman–Crippen LogP) is 4.28. The Morgan fingerprint density at radius 3 is 2.79 bits per heavy atom. The second kappa shape index (κ2) is 9.21. The highest BCUT2D eigenvalue weighted by Gasteiger charge is 2.42. The SMILES string of the molecule is Cc1cc(C)c(C#N)c(SCC2(O)CCCCC2S(=O)Cc2ccccc2)n1. The molecule has 1 fully saturated rings. The molecule has 1 N–H and O–H groups in total. The van der Waals surface area contributed by atoms with Crippen molar-refractivity contribution in [3.8, 4) is 6.07 Å². The first-order valence-electron chi connectivity index (χ1n) is 9.57. The van der Waals surface area contributed by atoms with Crippen LogP contribution in [-0.4, -0.2) is 30.9 Å². The Bertz CT molecular complexity index is 895. The number of aliphatic hydroxyl groups is 1. The van der Waals surface area contributed by atoms with Crippen LogP contribution in [0.3, 0.4) is 0 Å². The summed E-state index contributed by atoms with van der Waals surface area (Å²) in [5, 5.41) is 21.3. The summed E-state index contributed by atoms with van der Waals surface area (Å²) in [4.78, 5) is 4.51. The molecule has 148 valence electrons. The van der Waals surface area contributed by atoms with Crippen molar-refractivity contribution in [2.24, 2.45) is 0 Å². The number of thioether (sulfide) groups is 1. The van der Waals surface area contributed by atoms with Gasteiger partial charge in [0.25, 0.3) is 0 Å². The standard InChI is InChI=1S/C22H26N2O2S2/c1-16-12-17(2)24-21(19(16)13-23)27-15-22(25)11-7-6-10-20(22)28(26)14-18-8-4-3-5-9-18/h3-5,8-9,12,20,25H,6-7,10-11,14-15H2,1-2H3. The number of benzene rings is 1. The van der Waals surface area contributed by atoms with Crippen molar-refractivity contribution in [2.75, 3.05) is 5.75 Å². The molecule has 3 unspecified atom stereocenters. The molecule has 1 aromatic heterocycles. The van der Waals surface area contributed by atoms with Gasteiger partial charge in [0.15, 0.2) is 0 Å². The lowest BCUT2D eigenvalue weighted by molar-refractivity contribution is 0.0324. The van der Waals surface area contributed by atoms with Gasteiger partial charge in [-0.15, -0.1) is 11.8 Å². The van der Waals surface area contributed by atoms with E-state index in [-0.39, 0.29) is 5.25 Å². The minimum absolute atomic E-state index is 0.259. The molecule has 1 saturated carbocycles. The smallest absolute Gasteiger partial charge is 0.114 e. The van der Waals surface area contributed by atoms with E-state index in [4.69, 9.17) is 0 Å². The molecule has 0 amide bonds. The van der Waals surface area contributed by atoms with Crippen LogP contribution in [0.4, 0.5) is 0 Å². The van der Waals surface area contributed by atoms with Crippen LogP contribution in [-0.2, 0) is 16.6 Å². The maximum absolute atomic E-state index is 13.1. The molecule has 0 radical (unpaired) electrons. The van der Waals surface area contributed by atoms with Crippen LogP contribution in [0, 0.1) is 25.2 Å². The highest BCUT2D eigenvalue weighted by molar-refractivity contribution is 7.99. The highest BCUT2D eigenvalue weighted by Crippen LogP contribution is 2.38. The maximum Gasteiger partial charge on any atom is 0.114 e. The lowest BCUT2D eigenvalue weighted by Crippen LogP contribution is -2.49. The molecule has 1 aliphatic carbocycles. The third-order valence-electron chi connectivity index (χ3n) is 5.28. The van der Waals surface area contributed by atoms with E-state index in [0.717, 1.165) is 36.1 Å². The zero-order valence-electron chi connectivity index (χ0n) is 16.4. The van der Waals surface area contributed by atoms with Crippen molar-refractivity contribution in [3.05, 3.63) is 58.8 Å². The van der Waals surface area contributed by atoms with E-state index in [1.165, 1.54) is 11.8 Å². The summed E-state index contributed by atoms with van der Waals surface area (Å²) in [5.74, 6) is 0.868. The van der Waals surface area contributed by atoms with Gasteiger partial charge in [0, 0.05) is 28.0 Å². The molecule has 4 nitrogen and oxygen atoms in total. The quantitative estimate of drug-likeness (QED) is 0.714. The average Bonchev–Trinajstić information content (AvgIpc) is 2.67. The summed E-state index contributed by atoms with van der Waals surface area (Å²) in [7, 11) is -1.15. The molecular weight excluding hydrogens is 388 g/mol. The number of aromatic nitrogens is 1. The average molecular weight is 415 g/mol. The number of aryl methyl sites for hydroxylation is 2. The zero-order chi connectivity index (χ0) is 20.1. The van der Waals surface area contributed by atoms with Crippen molar-refractivity contribution in [2.45, 2.75) is 61.2 Å². The van der Waals surface area contributed by atoms with Gasteiger partial charge in [-0.25, -0.2) is 4.98 Å². The number of rotatable bonds is 6. The molecule has 0 aliphatic heterocycles. The monoisotopic (exact) mass is 414 g/mol. The zero-order valence-corrected chi connectivity index (χ0v) is 18.0. The summed E-state index contributed by atoms with van der Waals surface area (Å²) < 4.78 is 13.1. The number of hydrogen-bond acceptors (Lipinski definition) is 5.